The van der Waals surface area contributed by atoms with Crippen LogP contribution in [0.5, 0.6) is 0 Å². The van der Waals surface area contributed by atoms with Crippen molar-refractivity contribution in [3.8, 4) is 0 Å². The monoisotopic (exact) mass is 365 g/mol. The Morgan fingerprint density at radius 2 is 2.00 bits per heavy atom. The van der Waals surface area contributed by atoms with Crippen LogP contribution in [0.3, 0.4) is 0 Å². The van der Waals surface area contributed by atoms with E-state index < -0.39 is 0 Å². The Morgan fingerprint density at radius 1 is 1.45 bits per heavy atom. The lowest BCUT2D eigenvalue weighted by Gasteiger charge is -2.04. The van der Waals surface area contributed by atoms with Crippen molar-refractivity contribution in [2.45, 2.75) is 0 Å². The Labute approximate surface area is 96.5 Å². The molecule has 0 aromatic heterocycles. The fourth-order valence-electron chi connectivity index (χ4n) is 0.580. The van der Waals surface area contributed by atoms with E-state index in [1.807, 2.05) is 22.6 Å². The standard InChI is InChI=1S/C6H3BrCl2IN/c7-2-1-3(8)4(9)5(10)6(2)11/h1H,11H2. The van der Waals surface area contributed by atoms with Crippen LogP contribution in [0, 0.1) is 3.57 Å². The highest BCUT2D eigenvalue weighted by molar-refractivity contribution is 14.1. The van der Waals surface area contributed by atoms with E-state index in [1.54, 1.807) is 6.07 Å². The maximum Gasteiger partial charge on any atom is 0.0747 e. The molecule has 0 amide bonds. The van der Waals surface area contributed by atoms with Gasteiger partial charge in [-0.2, -0.15) is 0 Å². The van der Waals surface area contributed by atoms with Crippen molar-refractivity contribution >= 4 is 67.4 Å². The highest BCUT2D eigenvalue weighted by Gasteiger charge is 2.09. The van der Waals surface area contributed by atoms with Crippen LogP contribution in [0.4, 0.5) is 5.69 Å². The summed E-state index contributed by atoms with van der Waals surface area (Å²) in [4.78, 5) is 0. The molecule has 11 heavy (non-hydrogen) atoms. The predicted octanol–water partition coefficient (Wildman–Crippen LogP) is 3.94. The van der Waals surface area contributed by atoms with Crippen LogP contribution in [0.2, 0.25) is 10.0 Å². The van der Waals surface area contributed by atoms with Gasteiger partial charge >= 0.3 is 0 Å². The zero-order valence-electron chi connectivity index (χ0n) is 5.17. The second kappa shape index (κ2) is 3.68. The minimum Gasteiger partial charge on any atom is -0.397 e. The largest absolute Gasteiger partial charge is 0.397 e. The molecule has 0 fully saturated rings. The first-order valence-electron chi connectivity index (χ1n) is 2.62. The molecule has 0 aliphatic rings. The first-order chi connectivity index (χ1) is 5.04. The quantitative estimate of drug-likeness (QED) is 0.320. The molecule has 0 saturated carbocycles. The lowest BCUT2D eigenvalue weighted by atomic mass is 10.3. The molecule has 0 spiro atoms. The van der Waals surface area contributed by atoms with Crippen molar-refractivity contribution in [3.63, 3.8) is 0 Å². The van der Waals surface area contributed by atoms with Gasteiger partial charge in [-0.1, -0.05) is 23.2 Å². The van der Waals surface area contributed by atoms with Gasteiger partial charge in [-0.3, -0.25) is 0 Å². The fraction of sp³-hybridized carbons (Fsp3) is 0. The summed E-state index contributed by atoms with van der Waals surface area (Å²) in [6.07, 6.45) is 0. The van der Waals surface area contributed by atoms with Gasteiger partial charge in [0.05, 0.1) is 19.3 Å². The summed E-state index contributed by atoms with van der Waals surface area (Å²) in [5, 5.41) is 1.02. The van der Waals surface area contributed by atoms with Gasteiger partial charge in [-0.05, 0) is 44.6 Å². The van der Waals surface area contributed by atoms with Crippen LogP contribution in [-0.2, 0) is 0 Å². The van der Waals surface area contributed by atoms with Crippen LogP contribution < -0.4 is 5.73 Å². The van der Waals surface area contributed by atoms with Gasteiger partial charge in [0.1, 0.15) is 0 Å². The lowest BCUT2D eigenvalue weighted by molar-refractivity contribution is 1.58. The molecule has 0 heterocycles. The van der Waals surface area contributed by atoms with Crippen LogP contribution in [0.25, 0.3) is 0 Å². The molecule has 0 unspecified atom stereocenters. The molecule has 1 aromatic carbocycles. The molecule has 1 aromatic rings. The molecular weight excluding hydrogens is 364 g/mol. The number of rotatable bonds is 0. The molecule has 0 radical (unpaired) electrons. The molecule has 1 nitrogen and oxygen atoms in total. The first-order valence-corrected chi connectivity index (χ1v) is 5.25. The second-order valence-corrected chi connectivity index (χ2v) is 4.60. The summed E-state index contributed by atoms with van der Waals surface area (Å²) in [7, 11) is 0. The van der Waals surface area contributed by atoms with Gasteiger partial charge in [0.2, 0.25) is 0 Å². The lowest BCUT2D eigenvalue weighted by Crippen LogP contribution is -1.91. The van der Waals surface area contributed by atoms with E-state index in [9.17, 15) is 0 Å². The van der Waals surface area contributed by atoms with Gasteiger partial charge in [0.25, 0.3) is 0 Å². The summed E-state index contributed by atoms with van der Waals surface area (Å²) >= 11 is 16.9. The Bertz CT molecular complexity index is 277. The van der Waals surface area contributed by atoms with Crippen LogP contribution >= 0.6 is 61.7 Å². The van der Waals surface area contributed by atoms with Crippen molar-refractivity contribution in [2.75, 3.05) is 5.73 Å². The molecule has 0 saturated heterocycles. The molecule has 0 aliphatic heterocycles. The summed E-state index contributed by atoms with van der Waals surface area (Å²) < 4.78 is 1.56. The number of nitrogen functional groups attached to an aromatic ring is 1. The van der Waals surface area contributed by atoms with E-state index in [1.165, 1.54) is 0 Å². The third-order valence-electron chi connectivity index (χ3n) is 1.15. The number of anilines is 1. The van der Waals surface area contributed by atoms with E-state index in [2.05, 4.69) is 15.9 Å². The van der Waals surface area contributed by atoms with Gasteiger partial charge in [-0.15, -0.1) is 0 Å². The third-order valence-corrected chi connectivity index (χ3v) is 4.03. The van der Waals surface area contributed by atoms with E-state index in [-0.39, 0.29) is 0 Å². The molecule has 0 bridgehead atoms. The van der Waals surface area contributed by atoms with Crippen molar-refractivity contribution in [1.82, 2.24) is 0 Å². The minimum absolute atomic E-state index is 0.507. The smallest absolute Gasteiger partial charge is 0.0747 e. The average molecular weight is 367 g/mol. The zero-order chi connectivity index (χ0) is 8.59. The van der Waals surface area contributed by atoms with E-state index in [0.29, 0.717) is 15.7 Å². The molecule has 60 valence electrons. The fourth-order valence-corrected chi connectivity index (χ4v) is 2.61. The molecular formula is C6H3BrCl2IN. The SMILES string of the molecule is Nc1c(Br)cc(Cl)c(Cl)c1I. The Balaban J connectivity index is 3.46. The van der Waals surface area contributed by atoms with Gasteiger partial charge in [-0.25, -0.2) is 0 Å². The molecule has 0 atom stereocenters. The number of hydrogen-bond donors (Lipinski definition) is 1. The van der Waals surface area contributed by atoms with Gasteiger partial charge in [0, 0.05) is 4.47 Å². The summed E-state index contributed by atoms with van der Waals surface area (Å²) in [5.41, 5.74) is 6.28. The number of nitrogens with two attached hydrogens (primary N) is 1. The zero-order valence-corrected chi connectivity index (χ0v) is 10.4. The number of halogens is 4. The first kappa shape index (κ1) is 9.89. The maximum absolute atomic E-state index is 5.81. The Morgan fingerprint density at radius 3 is 2.55 bits per heavy atom. The summed E-state index contributed by atoms with van der Waals surface area (Å²) in [6, 6.07) is 1.68. The Hall–Kier alpha value is 0.810. The molecule has 0 aliphatic carbocycles. The normalized spacial score (nSPS) is 10.2. The minimum atomic E-state index is 0.507. The Kier molecular flexibility index (Phi) is 3.31. The van der Waals surface area contributed by atoms with Crippen molar-refractivity contribution in [1.29, 1.82) is 0 Å². The van der Waals surface area contributed by atoms with E-state index in [4.69, 9.17) is 28.9 Å². The number of hydrogen-bond acceptors (Lipinski definition) is 1. The van der Waals surface area contributed by atoms with E-state index >= 15 is 0 Å². The van der Waals surface area contributed by atoms with E-state index in [0.717, 1.165) is 8.04 Å². The average Bonchev–Trinajstić information content (AvgIpc) is 1.97. The van der Waals surface area contributed by atoms with Crippen molar-refractivity contribution in [3.05, 3.63) is 24.2 Å². The topological polar surface area (TPSA) is 26.0 Å². The van der Waals surface area contributed by atoms with Crippen LogP contribution in [0.1, 0.15) is 0 Å². The van der Waals surface area contributed by atoms with Crippen molar-refractivity contribution in [2.24, 2.45) is 0 Å². The number of benzene rings is 1. The highest BCUT2D eigenvalue weighted by Crippen LogP contribution is 2.36. The maximum atomic E-state index is 5.81. The van der Waals surface area contributed by atoms with Crippen molar-refractivity contribution < 1.29 is 0 Å². The molecule has 2 N–H and O–H groups in total. The van der Waals surface area contributed by atoms with Gasteiger partial charge in [0.15, 0.2) is 0 Å². The third kappa shape index (κ3) is 1.94. The van der Waals surface area contributed by atoms with Crippen LogP contribution in [-0.4, -0.2) is 0 Å². The molecule has 1 rings (SSSR count). The summed E-state index contributed by atoms with van der Waals surface area (Å²) in [6.45, 7) is 0. The molecule has 5 heteroatoms. The predicted molar refractivity (Wildman–Crippen MR) is 61.3 cm³/mol. The summed E-state index contributed by atoms with van der Waals surface area (Å²) in [5.74, 6) is 0. The highest BCUT2D eigenvalue weighted by atomic mass is 127. The van der Waals surface area contributed by atoms with Gasteiger partial charge < -0.3 is 5.73 Å². The van der Waals surface area contributed by atoms with Crippen LogP contribution in [0.15, 0.2) is 10.5 Å². The second-order valence-electron chi connectivity index (χ2n) is 1.88.